The Morgan fingerprint density at radius 2 is 1.45 bits per heavy atom. The molecule has 4 aromatic rings. The SMILES string of the molecule is Nc1c(-c2ccccc2)ccc2sc3ccccc3c12. The predicted molar refractivity (Wildman–Crippen MR) is 89.2 cm³/mol. The molecule has 0 aliphatic carbocycles. The van der Waals surface area contributed by atoms with Gasteiger partial charge < -0.3 is 5.73 Å². The molecule has 2 N–H and O–H groups in total. The summed E-state index contributed by atoms with van der Waals surface area (Å²) in [5.74, 6) is 0. The van der Waals surface area contributed by atoms with Gasteiger partial charge in [0.1, 0.15) is 0 Å². The fraction of sp³-hybridized carbons (Fsp3) is 0. The summed E-state index contributed by atoms with van der Waals surface area (Å²) in [6, 6.07) is 23.1. The molecule has 1 aromatic heterocycles. The molecule has 0 aliphatic heterocycles. The molecule has 20 heavy (non-hydrogen) atoms. The van der Waals surface area contributed by atoms with Crippen LogP contribution in [0, 0.1) is 0 Å². The Labute approximate surface area is 121 Å². The maximum absolute atomic E-state index is 6.47. The number of rotatable bonds is 1. The number of anilines is 1. The highest BCUT2D eigenvalue weighted by atomic mass is 32.1. The zero-order chi connectivity index (χ0) is 13.5. The topological polar surface area (TPSA) is 26.0 Å². The van der Waals surface area contributed by atoms with Crippen molar-refractivity contribution in [3.8, 4) is 11.1 Å². The summed E-state index contributed by atoms with van der Waals surface area (Å²) in [7, 11) is 0. The summed E-state index contributed by atoms with van der Waals surface area (Å²) in [6.45, 7) is 0. The van der Waals surface area contributed by atoms with Crippen LogP contribution < -0.4 is 5.73 Å². The van der Waals surface area contributed by atoms with E-state index in [1.807, 2.05) is 18.2 Å². The van der Waals surface area contributed by atoms with Crippen LogP contribution in [-0.4, -0.2) is 0 Å². The first-order chi connectivity index (χ1) is 9.84. The van der Waals surface area contributed by atoms with Gasteiger partial charge in [0, 0.05) is 31.4 Å². The first-order valence-electron chi connectivity index (χ1n) is 6.60. The molecular formula is C18H13NS. The first kappa shape index (κ1) is 11.5. The van der Waals surface area contributed by atoms with Gasteiger partial charge in [0.25, 0.3) is 0 Å². The van der Waals surface area contributed by atoms with Crippen molar-refractivity contribution in [3.63, 3.8) is 0 Å². The molecule has 0 radical (unpaired) electrons. The van der Waals surface area contributed by atoms with Crippen molar-refractivity contribution in [1.82, 2.24) is 0 Å². The zero-order valence-corrected chi connectivity index (χ0v) is 11.7. The van der Waals surface area contributed by atoms with Gasteiger partial charge >= 0.3 is 0 Å². The van der Waals surface area contributed by atoms with Crippen LogP contribution in [0.1, 0.15) is 0 Å². The summed E-state index contributed by atoms with van der Waals surface area (Å²) in [5, 5.41) is 2.44. The van der Waals surface area contributed by atoms with Gasteiger partial charge in [0.05, 0.1) is 0 Å². The van der Waals surface area contributed by atoms with Crippen molar-refractivity contribution >= 4 is 37.2 Å². The van der Waals surface area contributed by atoms with Gasteiger partial charge in [0.2, 0.25) is 0 Å². The van der Waals surface area contributed by atoms with E-state index >= 15 is 0 Å². The molecule has 0 spiro atoms. The van der Waals surface area contributed by atoms with Crippen LogP contribution in [-0.2, 0) is 0 Å². The van der Waals surface area contributed by atoms with E-state index in [9.17, 15) is 0 Å². The molecule has 0 amide bonds. The van der Waals surface area contributed by atoms with Gasteiger partial charge in [-0.25, -0.2) is 0 Å². The van der Waals surface area contributed by atoms with E-state index in [2.05, 4.69) is 48.5 Å². The minimum atomic E-state index is 0.881. The van der Waals surface area contributed by atoms with E-state index in [0.717, 1.165) is 11.3 Å². The fourth-order valence-corrected chi connectivity index (χ4v) is 3.83. The molecule has 0 bridgehead atoms. The second-order valence-corrected chi connectivity index (χ2v) is 5.95. The minimum absolute atomic E-state index is 0.881. The van der Waals surface area contributed by atoms with Crippen molar-refractivity contribution in [1.29, 1.82) is 0 Å². The molecule has 1 heterocycles. The van der Waals surface area contributed by atoms with E-state index in [1.54, 1.807) is 11.3 Å². The minimum Gasteiger partial charge on any atom is -0.398 e. The average Bonchev–Trinajstić information content (AvgIpc) is 2.88. The summed E-state index contributed by atoms with van der Waals surface area (Å²) < 4.78 is 2.54. The number of hydrogen-bond acceptors (Lipinski definition) is 2. The van der Waals surface area contributed by atoms with Gasteiger partial charge in [-0.05, 0) is 17.7 Å². The third-order valence-corrected chi connectivity index (χ3v) is 4.80. The van der Waals surface area contributed by atoms with E-state index in [-0.39, 0.29) is 0 Å². The Morgan fingerprint density at radius 3 is 2.30 bits per heavy atom. The number of nitrogen functional groups attached to an aromatic ring is 1. The van der Waals surface area contributed by atoms with Crippen LogP contribution in [0.15, 0.2) is 66.7 Å². The highest BCUT2D eigenvalue weighted by Crippen LogP contribution is 2.41. The maximum atomic E-state index is 6.47. The molecule has 4 rings (SSSR count). The molecule has 0 unspecified atom stereocenters. The normalized spacial score (nSPS) is 11.2. The molecule has 3 aromatic carbocycles. The zero-order valence-electron chi connectivity index (χ0n) is 10.8. The molecule has 0 saturated heterocycles. The quantitative estimate of drug-likeness (QED) is 0.468. The number of fused-ring (bicyclic) bond motifs is 3. The van der Waals surface area contributed by atoms with Crippen LogP contribution in [0.5, 0.6) is 0 Å². The highest BCUT2D eigenvalue weighted by Gasteiger charge is 2.11. The van der Waals surface area contributed by atoms with Crippen molar-refractivity contribution in [3.05, 3.63) is 66.7 Å². The van der Waals surface area contributed by atoms with Gasteiger partial charge in [-0.15, -0.1) is 11.3 Å². The predicted octanol–water partition coefficient (Wildman–Crippen LogP) is 5.30. The Kier molecular flexibility index (Phi) is 2.51. The van der Waals surface area contributed by atoms with Crippen LogP contribution in [0.25, 0.3) is 31.3 Å². The summed E-state index contributed by atoms with van der Waals surface area (Å²) in [4.78, 5) is 0. The number of thiophene rings is 1. The lowest BCUT2D eigenvalue weighted by Crippen LogP contribution is -1.90. The van der Waals surface area contributed by atoms with E-state index in [1.165, 1.54) is 25.7 Å². The molecule has 0 fully saturated rings. The molecular weight excluding hydrogens is 262 g/mol. The van der Waals surface area contributed by atoms with Gasteiger partial charge in [-0.2, -0.15) is 0 Å². The van der Waals surface area contributed by atoms with Crippen molar-refractivity contribution in [2.24, 2.45) is 0 Å². The molecule has 96 valence electrons. The second-order valence-electron chi connectivity index (χ2n) is 4.86. The Hall–Kier alpha value is -2.32. The monoisotopic (exact) mass is 275 g/mol. The fourth-order valence-electron chi connectivity index (χ4n) is 2.71. The van der Waals surface area contributed by atoms with Crippen molar-refractivity contribution in [2.45, 2.75) is 0 Å². The average molecular weight is 275 g/mol. The van der Waals surface area contributed by atoms with Crippen LogP contribution in [0.2, 0.25) is 0 Å². The molecule has 1 nitrogen and oxygen atoms in total. The standard InChI is InChI=1S/C18H13NS/c19-18-13(12-6-2-1-3-7-12)10-11-16-17(18)14-8-4-5-9-15(14)20-16/h1-11H,19H2. The van der Waals surface area contributed by atoms with E-state index < -0.39 is 0 Å². The van der Waals surface area contributed by atoms with Crippen molar-refractivity contribution in [2.75, 3.05) is 5.73 Å². The van der Waals surface area contributed by atoms with Crippen LogP contribution in [0.4, 0.5) is 5.69 Å². The van der Waals surface area contributed by atoms with E-state index in [4.69, 9.17) is 5.73 Å². The Morgan fingerprint density at radius 1 is 0.700 bits per heavy atom. The lowest BCUT2D eigenvalue weighted by atomic mass is 10.0. The molecule has 2 heteroatoms. The van der Waals surface area contributed by atoms with Crippen LogP contribution >= 0.6 is 11.3 Å². The summed E-state index contributed by atoms with van der Waals surface area (Å²) in [6.07, 6.45) is 0. The van der Waals surface area contributed by atoms with Gasteiger partial charge in [-0.3, -0.25) is 0 Å². The molecule has 0 aliphatic rings. The summed E-state index contributed by atoms with van der Waals surface area (Å²) >= 11 is 1.80. The molecule has 0 saturated carbocycles. The number of benzene rings is 3. The number of hydrogen-bond donors (Lipinski definition) is 1. The third-order valence-electron chi connectivity index (χ3n) is 3.67. The van der Waals surface area contributed by atoms with Gasteiger partial charge in [-0.1, -0.05) is 54.6 Å². The Bertz CT molecular complexity index is 907. The lowest BCUT2D eigenvalue weighted by molar-refractivity contribution is 1.65. The third kappa shape index (κ3) is 1.62. The van der Waals surface area contributed by atoms with Crippen LogP contribution in [0.3, 0.4) is 0 Å². The second kappa shape index (κ2) is 4.36. The summed E-state index contributed by atoms with van der Waals surface area (Å²) in [5.41, 5.74) is 9.63. The number of nitrogens with two attached hydrogens (primary N) is 1. The Balaban J connectivity index is 2.10. The van der Waals surface area contributed by atoms with Gasteiger partial charge in [0.15, 0.2) is 0 Å². The first-order valence-corrected chi connectivity index (χ1v) is 7.41. The molecule has 0 atom stereocenters. The van der Waals surface area contributed by atoms with E-state index in [0.29, 0.717) is 0 Å². The van der Waals surface area contributed by atoms with Crippen molar-refractivity contribution < 1.29 is 0 Å². The smallest absolute Gasteiger partial charge is 0.0488 e. The largest absolute Gasteiger partial charge is 0.398 e. The lowest BCUT2D eigenvalue weighted by Gasteiger charge is -2.07. The highest BCUT2D eigenvalue weighted by molar-refractivity contribution is 7.26. The maximum Gasteiger partial charge on any atom is 0.0488 e.